The van der Waals surface area contributed by atoms with Gasteiger partial charge in [-0.1, -0.05) is 24.9 Å². The van der Waals surface area contributed by atoms with E-state index in [0.29, 0.717) is 11.6 Å². The summed E-state index contributed by atoms with van der Waals surface area (Å²) in [6.07, 6.45) is 3.57. The lowest BCUT2D eigenvalue weighted by Gasteiger charge is -2.49. The summed E-state index contributed by atoms with van der Waals surface area (Å²) in [7, 11) is 0. The van der Waals surface area contributed by atoms with Gasteiger partial charge in [0.1, 0.15) is 5.82 Å². The molecule has 0 saturated carbocycles. The van der Waals surface area contributed by atoms with Crippen LogP contribution in [-0.2, 0) is 0 Å². The highest BCUT2D eigenvalue weighted by Crippen LogP contribution is 2.33. The van der Waals surface area contributed by atoms with Crippen LogP contribution in [-0.4, -0.2) is 34.5 Å². The van der Waals surface area contributed by atoms with Crippen LogP contribution in [0.25, 0.3) is 0 Å². The van der Waals surface area contributed by atoms with Crippen LogP contribution in [0.4, 0.5) is 4.39 Å². The van der Waals surface area contributed by atoms with E-state index in [1.165, 1.54) is 18.2 Å². The van der Waals surface area contributed by atoms with Crippen LogP contribution in [0.3, 0.4) is 0 Å². The Morgan fingerprint density at radius 3 is 2.44 bits per heavy atom. The molecule has 0 unspecified atom stereocenters. The Kier molecular flexibility index (Phi) is 6.16. The van der Waals surface area contributed by atoms with E-state index in [-0.39, 0.29) is 28.6 Å². The number of nitrogens with zero attached hydrogens (tertiary/aromatic N) is 1. The van der Waals surface area contributed by atoms with Gasteiger partial charge in [0.2, 0.25) is 0 Å². The van der Waals surface area contributed by atoms with Crippen LogP contribution in [0.2, 0.25) is 5.02 Å². The van der Waals surface area contributed by atoms with Crippen molar-refractivity contribution in [2.75, 3.05) is 6.54 Å². The highest BCUT2D eigenvalue weighted by Gasteiger charge is 2.41. The molecule has 1 aromatic rings. The summed E-state index contributed by atoms with van der Waals surface area (Å²) in [5, 5.41) is 4.02. The molecule has 2 rings (SSSR count). The Bertz CT molecular complexity index is 614. The normalized spacial score (nSPS) is 19.6. The number of rotatable bonds is 5. The molecule has 5 heteroatoms. The average molecular weight is 369 g/mol. The van der Waals surface area contributed by atoms with E-state index >= 15 is 0 Å². The first-order valence-electron chi connectivity index (χ1n) is 9.10. The Labute approximate surface area is 155 Å². The van der Waals surface area contributed by atoms with E-state index < -0.39 is 5.82 Å². The zero-order valence-corrected chi connectivity index (χ0v) is 16.7. The highest BCUT2D eigenvalue weighted by atomic mass is 35.5. The van der Waals surface area contributed by atoms with Gasteiger partial charge in [-0.05, 0) is 65.2 Å². The van der Waals surface area contributed by atoms with Gasteiger partial charge < -0.3 is 10.2 Å². The van der Waals surface area contributed by atoms with Crippen LogP contribution in [0.1, 0.15) is 70.7 Å². The van der Waals surface area contributed by atoms with E-state index in [9.17, 15) is 9.18 Å². The summed E-state index contributed by atoms with van der Waals surface area (Å²) in [5.74, 6) is -0.768. The fourth-order valence-corrected chi connectivity index (χ4v) is 4.26. The number of benzene rings is 1. The SMILES string of the molecule is CCCCN(C(=O)c1cc(Cl)ccc1F)C1CC(C)(C)NC(C)(C)C1. The third-order valence-electron chi connectivity index (χ3n) is 4.78. The molecule has 0 atom stereocenters. The number of piperidine rings is 1. The maximum Gasteiger partial charge on any atom is 0.257 e. The highest BCUT2D eigenvalue weighted by molar-refractivity contribution is 6.31. The summed E-state index contributed by atoms with van der Waals surface area (Å²) < 4.78 is 14.3. The first kappa shape index (κ1) is 20.2. The molecule has 3 nitrogen and oxygen atoms in total. The first-order valence-corrected chi connectivity index (χ1v) is 9.48. The Hall–Kier alpha value is -1.13. The lowest BCUT2D eigenvalue weighted by Crippen LogP contribution is -2.63. The monoisotopic (exact) mass is 368 g/mol. The number of halogens is 2. The zero-order chi connectivity index (χ0) is 18.8. The minimum Gasteiger partial charge on any atom is -0.335 e. The summed E-state index contributed by atoms with van der Waals surface area (Å²) >= 11 is 6.00. The van der Waals surface area contributed by atoms with Crippen molar-refractivity contribution >= 4 is 17.5 Å². The van der Waals surface area contributed by atoms with Crippen molar-refractivity contribution in [1.29, 1.82) is 0 Å². The van der Waals surface area contributed by atoms with Crippen LogP contribution in [0.5, 0.6) is 0 Å². The first-order chi connectivity index (χ1) is 11.5. The van der Waals surface area contributed by atoms with Crippen molar-refractivity contribution in [3.63, 3.8) is 0 Å². The fourth-order valence-electron chi connectivity index (χ4n) is 4.08. The molecule has 1 aliphatic heterocycles. The maximum absolute atomic E-state index is 14.3. The Balaban J connectivity index is 2.35. The van der Waals surface area contributed by atoms with Crippen molar-refractivity contribution in [2.45, 2.75) is 77.4 Å². The number of carbonyl (C=O) groups is 1. The molecule has 0 spiro atoms. The van der Waals surface area contributed by atoms with Gasteiger partial charge in [0.15, 0.2) is 0 Å². The molecule has 1 fully saturated rings. The lowest BCUT2D eigenvalue weighted by atomic mass is 9.78. The third-order valence-corrected chi connectivity index (χ3v) is 5.02. The second kappa shape index (κ2) is 7.63. The van der Waals surface area contributed by atoms with Crippen molar-refractivity contribution in [3.8, 4) is 0 Å². The van der Waals surface area contributed by atoms with Crippen LogP contribution in [0, 0.1) is 5.82 Å². The van der Waals surface area contributed by atoms with E-state index in [0.717, 1.165) is 25.7 Å². The van der Waals surface area contributed by atoms with Gasteiger partial charge in [-0.25, -0.2) is 4.39 Å². The molecule has 1 saturated heterocycles. The molecular weight excluding hydrogens is 339 g/mol. The van der Waals surface area contributed by atoms with Crippen LogP contribution < -0.4 is 5.32 Å². The molecule has 1 aliphatic rings. The van der Waals surface area contributed by atoms with Gasteiger partial charge >= 0.3 is 0 Å². The molecule has 1 heterocycles. The van der Waals surface area contributed by atoms with Crippen LogP contribution in [0.15, 0.2) is 18.2 Å². The maximum atomic E-state index is 14.3. The summed E-state index contributed by atoms with van der Waals surface area (Å²) in [6.45, 7) is 11.4. The molecule has 1 amide bonds. The standard InChI is InChI=1S/C20H30ClFN2O/c1-6-7-10-24(15-12-19(2,3)23-20(4,5)13-15)18(25)16-11-14(21)8-9-17(16)22/h8-9,11,15,23H,6-7,10,12-13H2,1-5H3. The number of hydrogen-bond donors (Lipinski definition) is 1. The largest absolute Gasteiger partial charge is 0.335 e. The molecular formula is C20H30ClFN2O. The summed E-state index contributed by atoms with van der Waals surface area (Å²) in [6, 6.07) is 4.25. The minimum atomic E-state index is -0.511. The second-order valence-corrected chi connectivity index (χ2v) is 8.87. The van der Waals surface area contributed by atoms with E-state index in [2.05, 4.69) is 39.9 Å². The molecule has 140 valence electrons. The lowest BCUT2D eigenvalue weighted by molar-refractivity contribution is 0.0438. The van der Waals surface area contributed by atoms with Gasteiger partial charge in [0.05, 0.1) is 5.56 Å². The van der Waals surface area contributed by atoms with Crippen LogP contribution >= 0.6 is 11.6 Å². The van der Waals surface area contributed by atoms with Crippen molar-refractivity contribution < 1.29 is 9.18 Å². The minimum absolute atomic E-state index is 0.0674. The number of hydrogen-bond acceptors (Lipinski definition) is 2. The van der Waals surface area contributed by atoms with Gasteiger partial charge in [-0.2, -0.15) is 0 Å². The van der Waals surface area contributed by atoms with Gasteiger partial charge in [-0.15, -0.1) is 0 Å². The third kappa shape index (κ3) is 5.18. The van der Waals surface area contributed by atoms with E-state index in [4.69, 9.17) is 11.6 Å². The molecule has 0 aromatic heterocycles. The Morgan fingerprint density at radius 1 is 1.28 bits per heavy atom. The van der Waals surface area contributed by atoms with E-state index in [1.807, 2.05) is 4.90 Å². The van der Waals surface area contributed by atoms with Gasteiger partial charge in [-0.3, -0.25) is 4.79 Å². The zero-order valence-electron chi connectivity index (χ0n) is 16.0. The molecule has 0 bridgehead atoms. The summed E-state index contributed by atoms with van der Waals surface area (Å²) in [4.78, 5) is 15.0. The van der Waals surface area contributed by atoms with Crippen molar-refractivity contribution in [2.24, 2.45) is 0 Å². The van der Waals surface area contributed by atoms with E-state index in [1.54, 1.807) is 0 Å². The quantitative estimate of drug-likeness (QED) is 0.790. The van der Waals surface area contributed by atoms with Crippen molar-refractivity contribution in [1.82, 2.24) is 10.2 Å². The topological polar surface area (TPSA) is 32.3 Å². The number of carbonyl (C=O) groups excluding carboxylic acids is 1. The predicted molar refractivity (Wildman–Crippen MR) is 102 cm³/mol. The molecule has 1 aromatic carbocycles. The Morgan fingerprint density at radius 2 is 1.88 bits per heavy atom. The second-order valence-electron chi connectivity index (χ2n) is 8.43. The molecule has 0 radical (unpaired) electrons. The number of nitrogens with one attached hydrogen (secondary N) is 1. The predicted octanol–water partition coefficient (Wildman–Crippen LogP) is 5.03. The molecule has 0 aliphatic carbocycles. The molecule has 1 N–H and O–H groups in total. The smallest absolute Gasteiger partial charge is 0.257 e. The van der Waals surface area contributed by atoms with Gasteiger partial charge in [0, 0.05) is 28.7 Å². The molecule has 25 heavy (non-hydrogen) atoms. The number of amides is 1. The number of unbranched alkanes of at least 4 members (excludes halogenated alkanes) is 1. The average Bonchev–Trinajstić information content (AvgIpc) is 2.46. The van der Waals surface area contributed by atoms with Gasteiger partial charge in [0.25, 0.3) is 5.91 Å². The summed E-state index contributed by atoms with van der Waals surface area (Å²) in [5.41, 5.74) is -0.0913. The van der Waals surface area contributed by atoms with Crippen molar-refractivity contribution in [3.05, 3.63) is 34.6 Å². The fraction of sp³-hybridized carbons (Fsp3) is 0.650.